The number of hydrogen-bond acceptors (Lipinski definition) is 2. The molecule has 0 bridgehead atoms. The Kier molecular flexibility index (Phi) is 5.16. The first-order valence-corrected chi connectivity index (χ1v) is 7.06. The van der Waals surface area contributed by atoms with Crippen LogP contribution in [0.1, 0.15) is 16.5 Å². The van der Waals surface area contributed by atoms with Crippen molar-refractivity contribution in [3.63, 3.8) is 0 Å². The number of rotatable bonds is 5. The first kappa shape index (κ1) is 15.0. The van der Waals surface area contributed by atoms with Crippen LogP contribution in [0.5, 0.6) is 11.5 Å². The summed E-state index contributed by atoms with van der Waals surface area (Å²) >= 11 is 12.5. The van der Waals surface area contributed by atoms with E-state index in [-0.39, 0.29) is 5.38 Å². The van der Waals surface area contributed by atoms with Gasteiger partial charge in [0.2, 0.25) is 0 Å². The molecular weight excluding hydrogens is 295 g/mol. The predicted octanol–water partition coefficient (Wildman–Crippen LogP) is 4.88. The fraction of sp³-hybridized carbons (Fsp3) is 0.250. The van der Waals surface area contributed by atoms with Crippen LogP contribution in [0, 0.1) is 0 Å². The van der Waals surface area contributed by atoms with Crippen molar-refractivity contribution in [3.05, 3.63) is 58.6 Å². The third-order valence-electron chi connectivity index (χ3n) is 3.08. The summed E-state index contributed by atoms with van der Waals surface area (Å²) < 4.78 is 10.6. The van der Waals surface area contributed by atoms with E-state index in [9.17, 15) is 0 Å². The van der Waals surface area contributed by atoms with E-state index in [1.165, 1.54) is 0 Å². The fourth-order valence-electron chi connectivity index (χ4n) is 2.07. The Morgan fingerprint density at radius 2 is 1.85 bits per heavy atom. The van der Waals surface area contributed by atoms with E-state index in [0.29, 0.717) is 11.4 Å². The molecule has 1 unspecified atom stereocenters. The van der Waals surface area contributed by atoms with Crippen molar-refractivity contribution in [2.75, 3.05) is 14.2 Å². The van der Waals surface area contributed by atoms with Crippen LogP contribution >= 0.6 is 23.2 Å². The van der Waals surface area contributed by atoms with E-state index >= 15 is 0 Å². The van der Waals surface area contributed by atoms with E-state index < -0.39 is 0 Å². The SMILES string of the molecule is COc1cccc(CC(Cl)c2cc(Cl)ccc2OC)c1. The summed E-state index contributed by atoms with van der Waals surface area (Å²) in [7, 11) is 3.28. The van der Waals surface area contributed by atoms with Crippen LogP contribution in [0.25, 0.3) is 0 Å². The van der Waals surface area contributed by atoms with Gasteiger partial charge in [-0.15, -0.1) is 11.6 Å². The molecule has 0 fully saturated rings. The molecular formula is C16H16Cl2O2. The number of methoxy groups -OCH3 is 2. The molecule has 4 heteroatoms. The third-order valence-corrected chi connectivity index (χ3v) is 3.70. The second-order valence-electron chi connectivity index (χ2n) is 4.41. The topological polar surface area (TPSA) is 18.5 Å². The van der Waals surface area contributed by atoms with Crippen molar-refractivity contribution in [2.24, 2.45) is 0 Å². The first-order chi connectivity index (χ1) is 9.63. The summed E-state index contributed by atoms with van der Waals surface area (Å²) in [6, 6.07) is 13.3. The fourth-order valence-corrected chi connectivity index (χ4v) is 2.60. The maximum absolute atomic E-state index is 6.51. The van der Waals surface area contributed by atoms with E-state index in [0.717, 1.165) is 22.6 Å². The van der Waals surface area contributed by atoms with Crippen LogP contribution in [-0.4, -0.2) is 14.2 Å². The van der Waals surface area contributed by atoms with Crippen LogP contribution in [-0.2, 0) is 6.42 Å². The Labute approximate surface area is 129 Å². The molecule has 0 heterocycles. The van der Waals surface area contributed by atoms with E-state index in [2.05, 4.69) is 0 Å². The lowest BCUT2D eigenvalue weighted by molar-refractivity contribution is 0.409. The Morgan fingerprint density at radius 1 is 1.05 bits per heavy atom. The van der Waals surface area contributed by atoms with Crippen molar-refractivity contribution >= 4 is 23.2 Å². The monoisotopic (exact) mass is 310 g/mol. The van der Waals surface area contributed by atoms with Crippen LogP contribution in [0.4, 0.5) is 0 Å². The second kappa shape index (κ2) is 6.87. The average molecular weight is 311 g/mol. The molecule has 2 rings (SSSR count). The summed E-state index contributed by atoms with van der Waals surface area (Å²) in [5.74, 6) is 1.57. The van der Waals surface area contributed by atoms with Gasteiger partial charge in [-0.3, -0.25) is 0 Å². The summed E-state index contributed by atoms with van der Waals surface area (Å²) in [4.78, 5) is 0. The lowest BCUT2D eigenvalue weighted by atomic mass is 10.0. The van der Waals surface area contributed by atoms with E-state index in [4.69, 9.17) is 32.7 Å². The molecule has 2 aromatic carbocycles. The van der Waals surface area contributed by atoms with Crippen LogP contribution in [0.3, 0.4) is 0 Å². The maximum Gasteiger partial charge on any atom is 0.123 e. The molecule has 20 heavy (non-hydrogen) atoms. The molecule has 1 atom stereocenters. The van der Waals surface area contributed by atoms with Gasteiger partial charge in [0, 0.05) is 10.6 Å². The average Bonchev–Trinajstić information content (AvgIpc) is 2.47. The van der Waals surface area contributed by atoms with Gasteiger partial charge in [-0.25, -0.2) is 0 Å². The highest BCUT2D eigenvalue weighted by molar-refractivity contribution is 6.31. The molecule has 0 radical (unpaired) electrons. The molecule has 0 saturated carbocycles. The summed E-state index contributed by atoms with van der Waals surface area (Å²) in [5, 5.41) is 0.438. The van der Waals surface area contributed by atoms with Crippen molar-refractivity contribution in [1.29, 1.82) is 0 Å². The maximum atomic E-state index is 6.51. The smallest absolute Gasteiger partial charge is 0.123 e. The first-order valence-electron chi connectivity index (χ1n) is 6.24. The number of hydrogen-bond donors (Lipinski definition) is 0. The van der Waals surface area contributed by atoms with Crippen molar-refractivity contribution in [1.82, 2.24) is 0 Å². The third kappa shape index (κ3) is 3.59. The highest BCUT2D eigenvalue weighted by Gasteiger charge is 2.15. The Balaban J connectivity index is 2.23. The summed E-state index contributed by atoms with van der Waals surface area (Å²) in [5.41, 5.74) is 2.00. The molecule has 0 aromatic heterocycles. The molecule has 0 N–H and O–H groups in total. The second-order valence-corrected chi connectivity index (χ2v) is 5.37. The molecule has 2 nitrogen and oxygen atoms in total. The molecule has 0 aliphatic rings. The molecule has 0 amide bonds. The minimum absolute atomic E-state index is 0.212. The van der Waals surface area contributed by atoms with Gasteiger partial charge in [0.05, 0.1) is 19.6 Å². The summed E-state index contributed by atoms with van der Waals surface area (Å²) in [6.07, 6.45) is 0.676. The van der Waals surface area contributed by atoms with Crippen molar-refractivity contribution < 1.29 is 9.47 Å². The normalized spacial score (nSPS) is 12.0. The molecule has 0 saturated heterocycles. The highest BCUT2D eigenvalue weighted by atomic mass is 35.5. The number of ether oxygens (including phenoxy) is 2. The lowest BCUT2D eigenvalue weighted by Crippen LogP contribution is -1.99. The van der Waals surface area contributed by atoms with E-state index in [1.54, 1.807) is 20.3 Å². The number of benzene rings is 2. The molecule has 0 spiro atoms. The number of alkyl halides is 1. The zero-order valence-corrected chi connectivity index (χ0v) is 12.9. The minimum atomic E-state index is -0.212. The van der Waals surface area contributed by atoms with Gasteiger partial charge in [0.25, 0.3) is 0 Å². The molecule has 0 aliphatic heterocycles. The van der Waals surface area contributed by atoms with Crippen molar-refractivity contribution in [2.45, 2.75) is 11.8 Å². The van der Waals surface area contributed by atoms with Gasteiger partial charge in [0.1, 0.15) is 11.5 Å². The van der Waals surface area contributed by atoms with Gasteiger partial charge in [-0.2, -0.15) is 0 Å². The van der Waals surface area contributed by atoms with Gasteiger partial charge in [-0.05, 0) is 42.3 Å². The van der Waals surface area contributed by atoms with Gasteiger partial charge < -0.3 is 9.47 Å². The van der Waals surface area contributed by atoms with Crippen LogP contribution in [0.2, 0.25) is 5.02 Å². The zero-order chi connectivity index (χ0) is 14.5. The lowest BCUT2D eigenvalue weighted by Gasteiger charge is -2.15. The van der Waals surface area contributed by atoms with Gasteiger partial charge in [0.15, 0.2) is 0 Å². The zero-order valence-electron chi connectivity index (χ0n) is 11.4. The Bertz CT molecular complexity index is 584. The minimum Gasteiger partial charge on any atom is -0.497 e. The Hall–Kier alpha value is -1.38. The van der Waals surface area contributed by atoms with Gasteiger partial charge in [-0.1, -0.05) is 23.7 Å². The summed E-state index contributed by atoms with van der Waals surface area (Å²) in [6.45, 7) is 0. The molecule has 106 valence electrons. The predicted molar refractivity (Wildman–Crippen MR) is 83.3 cm³/mol. The van der Waals surface area contributed by atoms with Crippen LogP contribution in [0.15, 0.2) is 42.5 Å². The van der Waals surface area contributed by atoms with E-state index in [1.807, 2.05) is 36.4 Å². The van der Waals surface area contributed by atoms with Crippen molar-refractivity contribution in [3.8, 4) is 11.5 Å². The highest BCUT2D eigenvalue weighted by Crippen LogP contribution is 2.34. The standard InChI is InChI=1S/C16H16Cl2O2/c1-19-13-5-3-4-11(8-13)9-15(18)14-10-12(17)6-7-16(14)20-2/h3-8,10,15H,9H2,1-2H3. The quantitative estimate of drug-likeness (QED) is 0.733. The number of halogens is 2. The van der Waals surface area contributed by atoms with Gasteiger partial charge >= 0.3 is 0 Å². The van der Waals surface area contributed by atoms with Crippen LogP contribution < -0.4 is 9.47 Å². The Morgan fingerprint density at radius 3 is 2.55 bits per heavy atom. The molecule has 2 aromatic rings. The molecule has 0 aliphatic carbocycles. The largest absolute Gasteiger partial charge is 0.497 e.